The van der Waals surface area contributed by atoms with Gasteiger partial charge in [0.15, 0.2) is 0 Å². The molecule has 1 saturated carbocycles. The molecule has 1 fully saturated rings. The minimum Gasteiger partial charge on any atom is -0.497 e. The summed E-state index contributed by atoms with van der Waals surface area (Å²) >= 11 is 0. The number of rotatable bonds is 12. The number of nitrogens with one attached hydrogen (secondary N) is 2. The molecular formula is C30H40N4O6. The monoisotopic (exact) mass is 552 g/mol. The molecule has 2 aromatic carbocycles. The fourth-order valence-corrected chi connectivity index (χ4v) is 4.30. The van der Waals surface area contributed by atoms with Gasteiger partial charge in [0.2, 0.25) is 11.8 Å². The van der Waals surface area contributed by atoms with Crippen molar-refractivity contribution in [3.8, 4) is 5.75 Å². The van der Waals surface area contributed by atoms with Crippen molar-refractivity contribution in [1.82, 2.24) is 10.2 Å². The number of methoxy groups -OCH3 is 1. The highest BCUT2D eigenvalue weighted by Gasteiger charge is 2.44. The van der Waals surface area contributed by atoms with Crippen molar-refractivity contribution in [3.63, 3.8) is 0 Å². The first-order valence-electron chi connectivity index (χ1n) is 13.6. The van der Waals surface area contributed by atoms with E-state index >= 15 is 0 Å². The number of carbonyl (C=O) groups excluding carboxylic acids is 4. The van der Waals surface area contributed by atoms with E-state index in [1.165, 1.54) is 4.90 Å². The predicted molar refractivity (Wildman–Crippen MR) is 152 cm³/mol. The average molecular weight is 553 g/mol. The molecule has 10 nitrogen and oxygen atoms in total. The zero-order valence-corrected chi connectivity index (χ0v) is 23.9. The van der Waals surface area contributed by atoms with Gasteiger partial charge in [-0.3, -0.25) is 14.4 Å². The molecular weight excluding hydrogens is 512 g/mol. The fourth-order valence-electron chi connectivity index (χ4n) is 4.30. The van der Waals surface area contributed by atoms with Crippen LogP contribution in [0.1, 0.15) is 70.5 Å². The Morgan fingerprint density at radius 3 is 2.15 bits per heavy atom. The molecule has 0 aliphatic heterocycles. The summed E-state index contributed by atoms with van der Waals surface area (Å²) in [6.45, 7) is 7.17. The number of hydrogen-bond donors (Lipinski definition) is 3. The standard InChI is InChI=1S/C30H40N4O6/c1-6-19-7-9-20(10-8-19)26(27(36)32-21-11-15-23(39-5)16-12-21)34(22-13-14-22)28(37)24(17-18-25(31)35)33-29(38)40-30(2,3)4/h7-12,15-16,22,24,26H,6,13-14,17-18H2,1-5H3,(H2,31,35)(H,32,36)(H,33,38). The van der Waals surface area contributed by atoms with Crippen molar-refractivity contribution < 1.29 is 28.7 Å². The second-order valence-corrected chi connectivity index (χ2v) is 10.9. The molecule has 3 rings (SSSR count). The van der Waals surface area contributed by atoms with E-state index < -0.39 is 41.5 Å². The van der Waals surface area contributed by atoms with Gasteiger partial charge in [-0.25, -0.2) is 4.79 Å². The molecule has 4 N–H and O–H groups in total. The Labute approximate surface area is 235 Å². The highest BCUT2D eigenvalue weighted by atomic mass is 16.6. The van der Waals surface area contributed by atoms with E-state index in [1.54, 1.807) is 52.1 Å². The van der Waals surface area contributed by atoms with Crippen LogP contribution in [0.15, 0.2) is 48.5 Å². The maximum Gasteiger partial charge on any atom is 0.408 e. The minimum absolute atomic E-state index is 0.0295. The van der Waals surface area contributed by atoms with Crippen LogP contribution in [-0.4, -0.2) is 53.5 Å². The van der Waals surface area contributed by atoms with Gasteiger partial charge in [0.1, 0.15) is 23.4 Å². The molecule has 0 radical (unpaired) electrons. The lowest BCUT2D eigenvalue weighted by atomic mass is 9.99. The van der Waals surface area contributed by atoms with Gasteiger partial charge in [-0.2, -0.15) is 0 Å². The number of alkyl carbamates (subject to hydrolysis) is 1. The summed E-state index contributed by atoms with van der Waals surface area (Å²) in [5.74, 6) is -0.847. The van der Waals surface area contributed by atoms with E-state index in [9.17, 15) is 19.2 Å². The van der Waals surface area contributed by atoms with E-state index in [0.29, 0.717) is 29.8 Å². The van der Waals surface area contributed by atoms with Gasteiger partial charge in [-0.1, -0.05) is 31.2 Å². The average Bonchev–Trinajstić information content (AvgIpc) is 3.74. The number of hydrogen-bond acceptors (Lipinski definition) is 6. The van der Waals surface area contributed by atoms with Crippen LogP contribution in [0.25, 0.3) is 0 Å². The summed E-state index contributed by atoms with van der Waals surface area (Å²) < 4.78 is 10.6. The van der Waals surface area contributed by atoms with Gasteiger partial charge in [0.25, 0.3) is 5.91 Å². The maximum absolute atomic E-state index is 14.1. The second-order valence-electron chi connectivity index (χ2n) is 10.9. The summed E-state index contributed by atoms with van der Waals surface area (Å²) in [5, 5.41) is 5.54. The number of anilines is 1. The largest absolute Gasteiger partial charge is 0.497 e. The fraction of sp³-hybridized carbons (Fsp3) is 0.467. The van der Waals surface area contributed by atoms with Gasteiger partial charge in [-0.15, -0.1) is 0 Å². The molecule has 216 valence electrons. The van der Waals surface area contributed by atoms with Crippen molar-refractivity contribution in [3.05, 3.63) is 59.7 Å². The van der Waals surface area contributed by atoms with Crippen molar-refractivity contribution in [1.29, 1.82) is 0 Å². The highest BCUT2D eigenvalue weighted by Crippen LogP contribution is 2.36. The number of benzene rings is 2. The maximum atomic E-state index is 14.1. The summed E-state index contributed by atoms with van der Waals surface area (Å²) in [6, 6.07) is 12.2. The first-order chi connectivity index (χ1) is 18.9. The summed E-state index contributed by atoms with van der Waals surface area (Å²) in [7, 11) is 1.56. The molecule has 2 aromatic rings. The lowest BCUT2D eigenvalue weighted by Gasteiger charge is -2.34. The van der Waals surface area contributed by atoms with E-state index in [-0.39, 0.29) is 18.9 Å². The van der Waals surface area contributed by atoms with Crippen LogP contribution in [-0.2, 0) is 25.5 Å². The van der Waals surface area contributed by atoms with Gasteiger partial charge in [0, 0.05) is 18.2 Å². The Morgan fingerprint density at radius 1 is 1.02 bits per heavy atom. The molecule has 4 amide bonds. The molecule has 0 spiro atoms. The Morgan fingerprint density at radius 2 is 1.65 bits per heavy atom. The Hall–Kier alpha value is -4.08. The third kappa shape index (κ3) is 8.72. The van der Waals surface area contributed by atoms with Crippen LogP contribution in [0.4, 0.5) is 10.5 Å². The van der Waals surface area contributed by atoms with Crippen molar-refractivity contribution in [2.45, 2.75) is 83.5 Å². The molecule has 40 heavy (non-hydrogen) atoms. The Bertz CT molecular complexity index is 1190. The summed E-state index contributed by atoms with van der Waals surface area (Å²) in [5.41, 5.74) is 6.85. The van der Waals surface area contributed by atoms with Crippen LogP contribution in [0.5, 0.6) is 5.75 Å². The smallest absolute Gasteiger partial charge is 0.408 e. The molecule has 2 unspecified atom stereocenters. The van der Waals surface area contributed by atoms with Crippen LogP contribution < -0.4 is 21.1 Å². The third-order valence-corrected chi connectivity index (χ3v) is 6.45. The molecule has 0 bridgehead atoms. The van der Waals surface area contributed by atoms with E-state index in [1.807, 2.05) is 31.2 Å². The second kappa shape index (κ2) is 13.3. The molecule has 2 atom stereocenters. The van der Waals surface area contributed by atoms with Gasteiger partial charge < -0.3 is 30.7 Å². The molecule has 0 heterocycles. The van der Waals surface area contributed by atoms with E-state index in [0.717, 1.165) is 12.0 Å². The molecule has 0 aromatic heterocycles. The lowest BCUT2D eigenvalue weighted by molar-refractivity contribution is -0.141. The first kappa shape index (κ1) is 30.5. The predicted octanol–water partition coefficient (Wildman–Crippen LogP) is 4.09. The van der Waals surface area contributed by atoms with E-state index in [2.05, 4.69) is 10.6 Å². The molecule has 1 aliphatic rings. The number of carbonyl (C=O) groups is 4. The number of primary amides is 1. The van der Waals surface area contributed by atoms with Crippen LogP contribution in [0.2, 0.25) is 0 Å². The number of nitrogens with two attached hydrogens (primary N) is 1. The number of amides is 4. The van der Waals surface area contributed by atoms with Gasteiger partial charge >= 0.3 is 6.09 Å². The Balaban J connectivity index is 1.98. The zero-order valence-electron chi connectivity index (χ0n) is 23.9. The zero-order chi connectivity index (χ0) is 29.4. The van der Waals surface area contributed by atoms with Crippen LogP contribution in [0.3, 0.4) is 0 Å². The Kier molecular flexibility index (Phi) is 10.1. The number of aryl methyl sites for hydroxylation is 1. The van der Waals surface area contributed by atoms with Crippen LogP contribution in [0, 0.1) is 0 Å². The van der Waals surface area contributed by atoms with Crippen molar-refractivity contribution >= 4 is 29.5 Å². The normalized spacial score (nSPS) is 14.4. The summed E-state index contributed by atoms with van der Waals surface area (Å²) in [6.07, 6.45) is 1.29. The highest BCUT2D eigenvalue weighted by molar-refractivity contribution is 5.99. The third-order valence-electron chi connectivity index (χ3n) is 6.45. The first-order valence-corrected chi connectivity index (χ1v) is 13.6. The van der Waals surface area contributed by atoms with Crippen LogP contribution >= 0.6 is 0 Å². The summed E-state index contributed by atoms with van der Waals surface area (Å²) in [4.78, 5) is 53.8. The number of nitrogens with zero attached hydrogens (tertiary/aromatic N) is 1. The quantitative estimate of drug-likeness (QED) is 0.362. The van der Waals surface area contributed by atoms with Gasteiger partial charge in [0.05, 0.1) is 7.11 Å². The molecule has 10 heteroatoms. The molecule has 0 saturated heterocycles. The minimum atomic E-state index is -1.12. The topological polar surface area (TPSA) is 140 Å². The van der Waals surface area contributed by atoms with Gasteiger partial charge in [-0.05, 0) is 81.8 Å². The SMILES string of the molecule is CCc1ccc(C(C(=O)Nc2ccc(OC)cc2)N(C(=O)C(CCC(N)=O)NC(=O)OC(C)(C)C)C2CC2)cc1. The lowest BCUT2D eigenvalue weighted by Crippen LogP contribution is -2.53. The molecule has 1 aliphatic carbocycles. The number of ether oxygens (including phenoxy) is 2. The van der Waals surface area contributed by atoms with Crippen molar-refractivity contribution in [2.75, 3.05) is 12.4 Å². The van der Waals surface area contributed by atoms with Crippen molar-refractivity contribution in [2.24, 2.45) is 5.73 Å². The van der Waals surface area contributed by atoms with E-state index in [4.69, 9.17) is 15.2 Å².